The lowest BCUT2D eigenvalue weighted by molar-refractivity contribution is 0.000909. The van der Waals surface area contributed by atoms with E-state index in [1.807, 2.05) is 6.92 Å². The Morgan fingerprint density at radius 1 is 1.33 bits per heavy atom. The molecule has 1 aliphatic rings. The molecule has 6 heteroatoms. The lowest BCUT2D eigenvalue weighted by Crippen LogP contribution is -2.16. The topological polar surface area (TPSA) is 51.4 Å². The summed E-state index contributed by atoms with van der Waals surface area (Å²) in [4.78, 5) is 3.42. The average Bonchev–Trinajstić information content (AvgIpc) is 3.10. The fourth-order valence-corrected chi connectivity index (χ4v) is 3.29. The highest BCUT2D eigenvalue weighted by Crippen LogP contribution is 2.29. The Balaban J connectivity index is 1.57. The Hall–Kier alpha value is -1.24. The molecular weight excluding hydrogens is 286 g/mol. The van der Waals surface area contributed by atoms with Gasteiger partial charge in [-0.3, -0.25) is 4.90 Å². The minimum Gasteiger partial charge on any atom is -0.462 e. The average molecular weight is 307 g/mol. The maximum atomic E-state index is 5.95. The number of aromatic nitrogens is 2. The third-order valence-corrected chi connectivity index (χ3v) is 4.57. The highest BCUT2D eigenvalue weighted by Gasteiger charge is 2.19. The lowest BCUT2D eigenvalue weighted by atomic mass is 10.1. The highest BCUT2D eigenvalue weighted by molar-refractivity contribution is 7.05. The van der Waals surface area contributed by atoms with E-state index in [1.165, 1.54) is 22.8 Å². The molecule has 3 rings (SSSR count). The van der Waals surface area contributed by atoms with Crippen LogP contribution in [0.3, 0.4) is 0 Å². The summed E-state index contributed by atoms with van der Waals surface area (Å²) in [5, 5.41) is 4.04. The number of ether oxygens (including phenoxy) is 1. The quantitative estimate of drug-likeness (QED) is 0.848. The zero-order valence-corrected chi connectivity index (χ0v) is 13.4. The minimum atomic E-state index is 0.144. The van der Waals surface area contributed by atoms with Crippen molar-refractivity contribution >= 4 is 11.5 Å². The standard InChI is InChI=1S/C15H21N3O2S/c1-11-15(21-17-16-11)10-18(2)9-12-6-7-14(20-12)13-5-3-4-8-19-13/h6-7,13H,3-5,8-10H2,1-2H3/t13-/m1/s1. The van der Waals surface area contributed by atoms with E-state index in [0.717, 1.165) is 49.8 Å². The zero-order valence-electron chi connectivity index (χ0n) is 12.5. The second-order valence-corrected chi connectivity index (χ2v) is 6.45. The van der Waals surface area contributed by atoms with Gasteiger partial charge < -0.3 is 9.15 Å². The van der Waals surface area contributed by atoms with E-state index in [-0.39, 0.29) is 6.10 Å². The summed E-state index contributed by atoms with van der Waals surface area (Å²) >= 11 is 1.46. The van der Waals surface area contributed by atoms with Crippen molar-refractivity contribution < 1.29 is 9.15 Å². The molecule has 3 heterocycles. The van der Waals surface area contributed by atoms with Gasteiger partial charge in [0.25, 0.3) is 0 Å². The van der Waals surface area contributed by atoms with Crippen molar-refractivity contribution in [1.29, 1.82) is 0 Å². The van der Waals surface area contributed by atoms with Gasteiger partial charge in [-0.1, -0.05) is 4.49 Å². The van der Waals surface area contributed by atoms with Gasteiger partial charge in [0.2, 0.25) is 0 Å². The van der Waals surface area contributed by atoms with E-state index in [9.17, 15) is 0 Å². The second-order valence-electron chi connectivity index (χ2n) is 5.61. The van der Waals surface area contributed by atoms with E-state index in [0.29, 0.717) is 0 Å². The van der Waals surface area contributed by atoms with Crippen LogP contribution in [0.15, 0.2) is 16.5 Å². The van der Waals surface area contributed by atoms with E-state index < -0.39 is 0 Å². The van der Waals surface area contributed by atoms with Gasteiger partial charge in [0, 0.05) is 13.2 Å². The number of hydrogen-bond donors (Lipinski definition) is 0. The molecule has 0 radical (unpaired) electrons. The van der Waals surface area contributed by atoms with Crippen molar-refractivity contribution in [2.24, 2.45) is 0 Å². The van der Waals surface area contributed by atoms with Crippen LogP contribution in [-0.2, 0) is 17.8 Å². The molecule has 2 aromatic heterocycles. The van der Waals surface area contributed by atoms with Crippen LogP contribution in [0.1, 0.15) is 47.5 Å². The molecule has 1 aliphatic heterocycles. The van der Waals surface area contributed by atoms with E-state index in [4.69, 9.17) is 9.15 Å². The Bertz CT molecular complexity index is 575. The van der Waals surface area contributed by atoms with Crippen molar-refractivity contribution in [2.75, 3.05) is 13.7 Å². The molecule has 0 saturated carbocycles. The summed E-state index contributed by atoms with van der Waals surface area (Å²) in [6.45, 7) is 4.47. The van der Waals surface area contributed by atoms with Gasteiger partial charge in [0.15, 0.2) is 0 Å². The van der Waals surface area contributed by atoms with Gasteiger partial charge in [-0.05, 0) is 56.9 Å². The van der Waals surface area contributed by atoms with Gasteiger partial charge in [-0.25, -0.2) is 0 Å². The summed E-state index contributed by atoms with van der Waals surface area (Å²) in [6, 6.07) is 4.11. The van der Waals surface area contributed by atoms with Crippen molar-refractivity contribution in [3.63, 3.8) is 0 Å². The zero-order chi connectivity index (χ0) is 14.7. The van der Waals surface area contributed by atoms with Gasteiger partial charge >= 0.3 is 0 Å². The lowest BCUT2D eigenvalue weighted by Gasteiger charge is -2.20. The largest absolute Gasteiger partial charge is 0.462 e. The van der Waals surface area contributed by atoms with Crippen LogP contribution in [0.5, 0.6) is 0 Å². The van der Waals surface area contributed by atoms with Crippen LogP contribution in [0, 0.1) is 6.92 Å². The molecule has 0 bridgehead atoms. The third-order valence-electron chi connectivity index (χ3n) is 3.76. The predicted molar refractivity (Wildman–Crippen MR) is 81.1 cm³/mol. The molecule has 0 amide bonds. The molecule has 1 atom stereocenters. The first kappa shape index (κ1) is 14.7. The molecule has 0 N–H and O–H groups in total. The molecule has 21 heavy (non-hydrogen) atoms. The fourth-order valence-electron chi connectivity index (χ4n) is 2.58. The van der Waals surface area contributed by atoms with Crippen molar-refractivity contribution in [1.82, 2.24) is 14.5 Å². The van der Waals surface area contributed by atoms with Gasteiger partial charge in [0.05, 0.1) is 17.1 Å². The molecule has 1 saturated heterocycles. The van der Waals surface area contributed by atoms with E-state index >= 15 is 0 Å². The summed E-state index contributed by atoms with van der Waals surface area (Å²) in [7, 11) is 2.08. The summed E-state index contributed by atoms with van der Waals surface area (Å²) < 4.78 is 15.7. The number of hydrogen-bond acceptors (Lipinski definition) is 6. The van der Waals surface area contributed by atoms with Crippen molar-refractivity contribution in [3.05, 3.63) is 34.2 Å². The summed E-state index contributed by atoms with van der Waals surface area (Å²) in [6.07, 6.45) is 3.59. The second kappa shape index (κ2) is 6.68. The van der Waals surface area contributed by atoms with Crippen molar-refractivity contribution in [2.45, 2.75) is 45.4 Å². The van der Waals surface area contributed by atoms with Crippen LogP contribution in [0.25, 0.3) is 0 Å². The molecule has 0 spiro atoms. The van der Waals surface area contributed by atoms with Gasteiger partial charge in [-0.15, -0.1) is 5.10 Å². The summed E-state index contributed by atoms with van der Waals surface area (Å²) in [5.41, 5.74) is 1.02. The Kier molecular flexibility index (Phi) is 4.67. The molecular formula is C15H21N3O2S. The van der Waals surface area contributed by atoms with E-state index in [1.54, 1.807) is 0 Å². The van der Waals surface area contributed by atoms with Crippen LogP contribution in [0.4, 0.5) is 0 Å². The van der Waals surface area contributed by atoms with Gasteiger partial charge in [0.1, 0.15) is 17.6 Å². The molecule has 1 fully saturated rings. The van der Waals surface area contributed by atoms with E-state index in [2.05, 4.69) is 33.7 Å². The third kappa shape index (κ3) is 3.70. The van der Waals surface area contributed by atoms with Crippen LogP contribution in [0.2, 0.25) is 0 Å². The molecule has 2 aromatic rings. The van der Waals surface area contributed by atoms with Crippen LogP contribution < -0.4 is 0 Å². The summed E-state index contributed by atoms with van der Waals surface area (Å²) in [5.74, 6) is 1.95. The first-order chi connectivity index (χ1) is 10.2. The number of rotatable bonds is 5. The molecule has 0 unspecified atom stereocenters. The first-order valence-corrected chi connectivity index (χ1v) is 8.16. The first-order valence-electron chi connectivity index (χ1n) is 7.39. The smallest absolute Gasteiger partial charge is 0.133 e. The Morgan fingerprint density at radius 3 is 2.95 bits per heavy atom. The number of furan rings is 1. The Morgan fingerprint density at radius 2 is 2.24 bits per heavy atom. The van der Waals surface area contributed by atoms with Crippen LogP contribution >= 0.6 is 11.5 Å². The number of nitrogens with zero attached hydrogens (tertiary/aromatic N) is 3. The van der Waals surface area contributed by atoms with Gasteiger partial charge in [-0.2, -0.15) is 0 Å². The molecule has 0 aliphatic carbocycles. The highest BCUT2D eigenvalue weighted by atomic mass is 32.1. The maximum Gasteiger partial charge on any atom is 0.133 e. The number of aryl methyl sites for hydroxylation is 1. The molecule has 0 aromatic carbocycles. The normalized spacial score (nSPS) is 19.3. The predicted octanol–water partition coefficient (Wildman–Crippen LogP) is 3.31. The maximum absolute atomic E-state index is 5.95. The SMILES string of the molecule is Cc1nnsc1CN(C)Cc1ccc([C@H]2CCCCO2)o1. The molecule has 114 valence electrons. The Labute approximate surface area is 129 Å². The minimum absolute atomic E-state index is 0.144. The molecule has 5 nitrogen and oxygen atoms in total. The van der Waals surface area contributed by atoms with Crippen molar-refractivity contribution in [3.8, 4) is 0 Å². The van der Waals surface area contributed by atoms with Crippen LogP contribution in [-0.4, -0.2) is 28.1 Å². The monoisotopic (exact) mass is 307 g/mol. The fraction of sp³-hybridized carbons (Fsp3) is 0.600.